The Labute approximate surface area is 203 Å². The number of hydrogen-bond donors (Lipinski definition) is 1. The lowest BCUT2D eigenvalue weighted by atomic mass is 9.98. The smallest absolute Gasteiger partial charge is 0.353 e. The van der Waals surface area contributed by atoms with Crippen LogP contribution in [-0.2, 0) is 13.0 Å². The van der Waals surface area contributed by atoms with Gasteiger partial charge in [0, 0.05) is 5.92 Å². The van der Waals surface area contributed by atoms with Crippen molar-refractivity contribution in [2.75, 3.05) is 0 Å². The van der Waals surface area contributed by atoms with Crippen LogP contribution in [0, 0.1) is 0 Å². The van der Waals surface area contributed by atoms with Gasteiger partial charge in [-0.15, -0.1) is 9.78 Å². The number of carbonyl (C=O) groups excluding carboxylic acids is 1. The maximum Gasteiger partial charge on any atom is 0.353 e. The van der Waals surface area contributed by atoms with E-state index in [4.69, 9.17) is 0 Å². The zero-order chi connectivity index (χ0) is 24.9. The van der Waals surface area contributed by atoms with Crippen LogP contribution in [0.3, 0.4) is 0 Å². The first-order chi connectivity index (χ1) is 16.9. The second-order valence-corrected chi connectivity index (χ2v) is 8.55. The molecule has 1 aromatic heterocycles. The molecule has 0 amide bonds. The van der Waals surface area contributed by atoms with Gasteiger partial charge in [-0.2, -0.15) is 0 Å². The predicted octanol–water partition coefficient (Wildman–Crippen LogP) is 4.85. The highest BCUT2D eigenvalue weighted by atomic mass is 16.4. The van der Waals surface area contributed by atoms with E-state index in [1.54, 1.807) is 28.8 Å². The highest BCUT2D eigenvalue weighted by Crippen LogP contribution is 2.25. The van der Waals surface area contributed by atoms with Crippen molar-refractivity contribution in [3.63, 3.8) is 0 Å². The van der Waals surface area contributed by atoms with Gasteiger partial charge in [0.15, 0.2) is 0 Å². The molecular formula is C28H27N3O4. The lowest BCUT2D eigenvalue weighted by Gasteiger charge is -2.11. The molecule has 7 nitrogen and oxygen atoms in total. The summed E-state index contributed by atoms with van der Waals surface area (Å²) >= 11 is 0. The van der Waals surface area contributed by atoms with Crippen LogP contribution in [-0.4, -0.2) is 31.3 Å². The summed E-state index contributed by atoms with van der Waals surface area (Å²) in [6.07, 6.45) is 0.865. The molecule has 0 aliphatic heterocycles. The largest absolute Gasteiger partial charge is 0.478 e. The van der Waals surface area contributed by atoms with Crippen molar-refractivity contribution in [2.24, 2.45) is 0 Å². The first-order valence-corrected chi connectivity index (χ1v) is 11.6. The number of aromatic carboxylic acids is 1. The predicted molar refractivity (Wildman–Crippen MR) is 134 cm³/mol. The van der Waals surface area contributed by atoms with Crippen LogP contribution in [0.1, 0.15) is 58.3 Å². The Balaban J connectivity index is 1.64. The molecule has 0 saturated carbocycles. The second kappa shape index (κ2) is 10.3. The molecule has 1 unspecified atom stereocenters. The van der Waals surface area contributed by atoms with Crippen molar-refractivity contribution >= 4 is 11.9 Å². The van der Waals surface area contributed by atoms with E-state index in [2.05, 4.69) is 5.10 Å². The van der Waals surface area contributed by atoms with Gasteiger partial charge in [0.05, 0.1) is 18.5 Å². The number of rotatable bonds is 8. The summed E-state index contributed by atoms with van der Waals surface area (Å²) in [5.74, 6) is -0.790. The van der Waals surface area contributed by atoms with Crippen LogP contribution in [0.4, 0.5) is 0 Å². The highest BCUT2D eigenvalue weighted by molar-refractivity contribution is 5.96. The van der Waals surface area contributed by atoms with E-state index in [9.17, 15) is 19.5 Å². The monoisotopic (exact) mass is 469 g/mol. The number of carboxylic acid groups (broad SMARTS) is 1. The Hall–Kier alpha value is -4.26. The molecule has 0 fully saturated rings. The van der Waals surface area contributed by atoms with E-state index in [0.717, 1.165) is 27.8 Å². The average molecular weight is 470 g/mol. The van der Waals surface area contributed by atoms with Crippen LogP contribution in [0.5, 0.6) is 0 Å². The Morgan fingerprint density at radius 3 is 2.23 bits per heavy atom. The minimum Gasteiger partial charge on any atom is -0.478 e. The van der Waals surface area contributed by atoms with Crippen LogP contribution in [0.2, 0.25) is 0 Å². The molecule has 7 heteroatoms. The van der Waals surface area contributed by atoms with Gasteiger partial charge >= 0.3 is 11.7 Å². The molecule has 0 spiro atoms. The fourth-order valence-electron chi connectivity index (χ4n) is 4.01. The molecule has 4 aromatic rings. The van der Waals surface area contributed by atoms with Gasteiger partial charge in [-0.25, -0.2) is 9.59 Å². The first kappa shape index (κ1) is 23.9. The topological polar surface area (TPSA) is 94.2 Å². The van der Waals surface area contributed by atoms with Gasteiger partial charge < -0.3 is 5.11 Å². The second-order valence-electron chi connectivity index (χ2n) is 8.55. The molecule has 3 aromatic carbocycles. The van der Waals surface area contributed by atoms with Crippen LogP contribution >= 0.6 is 0 Å². The van der Waals surface area contributed by atoms with Gasteiger partial charge in [-0.05, 0) is 34.7 Å². The van der Waals surface area contributed by atoms with Crippen LogP contribution in [0.25, 0.3) is 11.1 Å². The van der Waals surface area contributed by atoms with Crippen molar-refractivity contribution in [1.82, 2.24) is 14.3 Å². The third-order valence-corrected chi connectivity index (χ3v) is 6.14. The standard InChI is InChI=1S/C28H27N3O4/c1-3-19(2)26-29-31(25(32)17-20-9-5-4-6-10-20)28(35)30(26)18-21-13-15-22(16-14-21)23-11-7-8-12-24(23)27(33)34/h4-16,19H,3,17-18H2,1-2H3,(H,33,34). The molecule has 178 valence electrons. The number of carboxylic acids is 1. The van der Waals surface area contributed by atoms with E-state index >= 15 is 0 Å². The molecular weight excluding hydrogens is 442 g/mol. The van der Waals surface area contributed by atoms with E-state index in [1.807, 2.05) is 68.4 Å². The summed E-state index contributed by atoms with van der Waals surface area (Å²) in [5.41, 5.74) is 2.85. The average Bonchev–Trinajstić information content (AvgIpc) is 3.20. The molecule has 1 N–H and O–H groups in total. The lowest BCUT2D eigenvalue weighted by molar-refractivity contribution is 0.0697. The van der Waals surface area contributed by atoms with Gasteiger partial charge in [0.1, 0.15) is 5.82 Å². The molecule has 35 heavy (non-hydrogen) atoms. The summed E-state index contributed by atoms with van der Waals surface area (Å²) in [6, 6.07) is 23.5. The Morgan fingerprint density at radius 1 is 0.914 bits per heavy atom. The van der Waals surface area contributed by atoms with Crippen molar-refractivity contribution in [1.29, 1.82) is 0 Å². The Kier molecular flexibility index (Phi) is 7.06. The molecule has 0 aliphatic rings. The third-order valence-electron chi connectivity index (χ3n) is 6.14. The quantitative estimate of drug-likeness (QED) is 0.398. The minimum atomic E-state index is -0.984. The van der Waals surface area contributed by atoms with E-state index in [-0.39, 0.29) is 30.4 Å². The van der Waals surface area contributed by atoms with Crippen molar-refractivity contribution in [2.45, 2.75) is 39.2 Å². The summed E-state index contributed by atoms with van der Waals surface area (Å²) in [6.45, 7) is 4.26. The lowest BCUT2D eigenvalue weighted by Crippen LogP contribution is -2.31. The number of nitrogens with zero attached hydrogens (tertiary/aromatic N) is 3. The Morgan fingerprint density at radius 2 is 1.57 bits per heavy atom. The first-order valence-electron chi connectivity index (χ1n) is 11.6. The van der Waals surface area contributed by atoms with E-state index < -0.39 is 11.7 Å². The summed E-state index contributed by atoms with van der Waals surface area (Å²) < 4.78 is 2.53. The SMILES string of the molecule is CCC(C)c1nn(C(=O)Cc2ccccc2)c(=O)n1Cc1ccc(-c2ccccc2C(=O)O)cc1. The number of benzene rings is 3. The number of aromatic nitrogens is 3. The van der Waals surface area contributed by atoms with Crippen molar-refractivity contribution < 1.29 is 14.7 Å². The zero-order valence-corrected chi connectivity index (χ0v) is 19.7. The maximum atomic E-state index is 13.2. The van der Waals surface area contributed by atoms with E-state index in [1.165, 1.54) is 0 Å². The molecule has 0 aliphatic carbocycles. The zero-order valence-electron chi connectivity index (χ0n) is 19.7. The van der Waals surface area contributed by atoms with Crippen LogP contribution in [0.15, 0.2) is 83.7 Å². The summed E-state index contributed by atoms with van der Waals surface area (Å²) in [5, 5.41) is 13.9. The highest BCUT2D eigenvalue weighted by Gasteiger charge is 2.22. The molecule has 4 rings (SSSR count). The minimum absolute atomic E-state index is 0.00445. The Bertz CT molecular complexity index is 1400. The molecule has 1 heterocycles. The molecule has 0 saturated heterocycles. The fraction of sp³-hybridized carbons (Fsp3) is 0.214. The molecule has 1 atom stereocenters. The van der Waals surface area contributed by atoms with Gasteiger partial charge in [0.2, 0.25) is 0 Å². The molecule has 0 bridgehead atoms. The van der Waals surface area contributed by atoms with Gasteiger partial charge in [-0.1, -0.05) is 86.6 Å². The van der Waals surface area contributed by atoms with Crippen LogP contribution < -0.4 is 5.69 Å². The van der Waals surface area contributed by atoms with Gasteiger partial charge in [0.25, 0.3) is 5.91 Å². The van der Waals surface area contributed by atoms with Crippen molar-refractivity contribution in [3.05, 3.63) is 112 Å². The van der Waals surface area contributed by atoms with Gasteiger partial charge in [-0.3, -0.25) is 9.36 Å². The third kappa shape index (κ3) is 5.14. The van der Waals surface area contributed by atoms with Crippen molar-refractivity contribution in [3.8, 4) is 11.1 Å². The summed E-state index contributed by atoms with van der Waals surface area (Å²) in [7, 11) is 0. The summed E-state index contributed by atoms with van der Waals surface area (Å²) in [4.78, 5) is 37.7. The number of carbonyl (C=O) groups is 2. The molecule has 0 radical (unpaired) electrons. The maximum absolute atomic E-state index is 13.2. The normalized spacial score (nSPS) is 11.8. The fourth-order valence-corrected chi connectivity index (χ4v) is 4.01. The number of hydrogen-bond acceptors (Lipinski definition) is 4. The van der Waals surface area contributed by atoms with E-state index in [0.29, 0.717) is 11.4 Å².